The van der Waals surface area contributed by atoms with E-state index in [1.165, 1.54) is 43.2 Å². The molecule has 0 saturated carbocycles. The number of fused-ring (bicyclic) bond motifs is 1. The van der Waals surface area contributed by atoms with Gasteiger partial charge in [-0.1, -0.05) is 48.0 Å². The van der Waals surface area contributed by atoms with Crippen LogP contribution in [0.1, 0.15) is 37.9 Å². The molecule has 1 aliphatic carbocycles. The second-order valence-corrected chi connectivity index (χ2v) is 8.91. The van der Waals surface area contributed by atoms with E-state index in [9.17, 15) is 0 Å². The molecule has 0 aliphatic heterocycles. The van der Waals surface area contributed by atoms with Crippen molar-refractivity contribution in [3.63, 3.8) is 0 Å². The maximum Gasteiger partial charge on any atom is 0.118 e. The lowest BCUT2D eigenvalue weighted by Gasteiger charge is -2.17. The maximum absolute atomic E-state index is 5.38. The van der Waals surface area contributed by atoms with Crippen LogP contribution in [-0.4, -0.2) is 7.11 Å². The van der Waals surface area contributed by atoms with Gasteiger partial charge in [-0.25, -0.2) is 0 Å². The number of hydrogen-bond donors (Lipinski definition) is 0. The molecule has 0 radical (unpaired) electrons. The molecule has 2 aromatic carbocycles. The normalized spacial score (nSPS) is 15.7. The average Bonchev–Trinajstić information content (AvgIpc) is 3.45. The molecule has 5 rings (SSSR count). The summed E-state index contributed by atoms with van der Waals surface area (Å²) in [6.07, 6.45) is 0. The number of methoxy groups -OCH3 is 1. The lowest BCUT2D eigenvalue weighted by atomic mass is 9.87. The highest BCUT2D eigenvalue weighted by Crippen LogP contribution is 2.55. The summed E-state index contributed by atoms with van der Waals surface area (Å²) in [5, 5.41) is 4.40. The third-order valence-electron chi connectivity index (χ3n) is 5.37. The summed E-state index contributed by atoms with van der Waals surface area (Å²) in [7, 11) is 1.71. The van der Waals surface area contributed by atoms with Crippen molar-refractivity contribution in [2.24, 2.45) is 0 Å². The van der Waals surface area contributed by atoms with E-state index in [-0.39, 0.29) is 5.92 Å². The quantitative estimate of drug-likeness (QED) is 0.351. The zero-order chi connectivity index (χ0) is 19.1. The van der Waals surface area contributed by atoms with Gasteiger partial charge in [0, 0.05) is 21.2 Å². The molecule has 28 heavy (non-hydrogen) atoms. The van der Waals surface area contributed by atoms with Gasteiger partial charge in [0.15, 0.2) is 0 Å². The molecule has 1 aliphatic rings. The number of benzene rings is 2. The van der Waals surface area contributed by atoms with Crippen molar-refractivity contribution in [3.05, 3.63) is 109 Å². The Morgan fingerprint density at radius 1 is 0.821 bits per heavy atom. The van der Waals surface area contributed by atoms with Gasteiger partial charge in [0.25, 0.3) is 0 Å². The first-order valence-electron chi connectivity index (χ1n) is 9.33. The first kappa shape index (κ1) is 17.5. The van der Waals surface area contributed by atoms with E-state index in [0.29, 0.717) is 0 Å². The molecule has 0 fully saturated rings. The molecule has 0 N–H and O–H groups in total. The Morgan fingerprint density at radius 2 is 1.61 bits per heavy atom. The third-order valence-corrected chi connectivity index (χ3v) is 7.22. The van der Waals surface area contributed by atoms with E-state index >= 15 is 0 Å². The molecule has 0 spiro atoms. The Kier molecular flexibility index (Phi) is 4.42. The second-order valence-electron chi connectivity index (χ2n) is 7.04. The lowest BCUT2D eigenvalue weighted by molar-refractivity contribution is 0.415. The van der Waals surface area contributed by atoms with Gasteiger partial charge in [-0.3, -0.25) is 0 Å². The van der Waals surface area contributed by atoms with Gasteiger partial charge in [-0.2, -0.15) is 0 Å². The maximum atomic E-state index is 5.38. The first-order chi connectivity index (χ1) is 13.8. The van der Waals surface area contributed by atoms with Crippen LogP contribution >= 0.6 is 22.7 Å². The van der Waals surface area contributed by atoms with Crippen molar-refractivity contribution in [1.29, 1.82) is 0 Å². The number of allylic oxidation sites excluding steroid dienone is 1. The molecular formula is C25H20OS2. The molecule has 0 saturated heterocycles. The standard InChI is InChI=1S/C25H20OS2/c1-16-5-7-17(8-6-16)22-20-13-15-28-25(20)23(24(22)21-4-3-14-27-21)18-9-11-19(26-2)12-10-18/h3-15,22H,1-2H3. The summed E-state index contributed by atoms with van der Waals surface area (Å²) in [6.45, 7) is 2.15. The van der Waals surface area contributed by atoms with E-state index in [2.05, 4.69) is 84.4 Å². The molecular weight excluding hydrogens is 380 g/mol. The zero-order valence-corrected chi connectivity index (χ0v) is 17.4. The van der Waals surface area contributed by atoms with Crippen LogP contribution in [0, 0.1) is 6.92 Å². The lowest BCUT2D eigenvalue weighted by Crippen LogP contribution is -2.00. The van der Waals surface area contributed by atoms with E-state index in [1.807, 2.05) is 22.7 Å². The van der Waals surface area contributed by atoms with Gasteiger partial charge < -0.3 is 4.74 Å². The van der Waals surface area contributed by atoms with Crippen molar-refractivity contribution in [1.82, 2.24) is 0 Å². The number of aryl methyl sites for hydroxylation is 1. The van der Waals surface area contributed by atoms with Crippen LogP contribution in [0.25, 0.3) is 11.1 Å². The summed E-state index contributed by atoms with van der Waals surface area (Å²) in [5.74, 6) is 1.17. The predicted octanol–water partition coefficient (Wildman–Crippen LogP) is 7.23. The molecule has 0 amide bonds. The van der Waals surface area contributed by atoms with Crippen LogP contribution in [0.5, 0.6) is 5.75 Å². The van der Waals surface area contributed by atoms with Crippen molar-refractivity contribution < 1.29 is 4.74 Å². The summed E-state index contributed by atoms with van der Waals surface area (Å²) in [5.41, 5.74) is 8.11. The van der Waals surface area contributed by atoms with Crippen molar-refractivity contribution in [2.75, 3.05) is 7.11 Å². The highest BCUT2D eigenvalue weighted by Gasteiger charge is 2.35. The minimum atomic E-state index is 0.276. The van der Waals surface area contributed by atoms with E-state index in [0.717, 1.165) is 5.75 Å². The van der Waals surface area contributed by atoms with Crippen molar-refractivity contribution in [2.45, 2.75) is 12.8 Å². The molecule has 138 valence electrons. The molecule has 2 heterocycles. The topological polar surface area (TPSA) is 9.23 Å². The van der Waals surface area contributed by atoms with Gasteiger partial charge in [-0.05, 0) is 64.2 Å². The number of hydrogen-bond acceptors (Lipinski definition) is 3. The minimum absolute atomic E-state index is 0.276. The third kappa shape index (κ3) is 2.83. The summed E-state index contributed by atoms with van der Waals surface area (Å²) >= 11 is 3.67. The fourth-order valence-electron chi connectivity index (χ4n) is 4.02. The first-order valence-corrected chi connectivity index (χ1v) is 11.1. The average molecular weight is 401 g/mol. The van der Waals surface area contributed by atoms with Gasteiger partial charge in [0.1, 0.15) is 5.75 Å². The monoisotopic (exact) mass is 400 g/mol. The number of rotatable bonds is 4. The molecule has 1 unspecified atom stereocenters. The second kappa shape index (κ2) is 7.08. The summed E-state index contributed by atoms with van der Waals surface area (Å²) in [4.78, 5) is 2.74. The highest BCUT2D eigenvalue weighted by molar-refractivity contribution is 7.12. The largest absolute Gasteiger partial charge is 0.497 e. The van der Waals surface area contributed by atoms with Crippen LogP contribution in [0.2, 0.25) is 0 Å². The van der Waals surface area contributed by atoms with Crippen LogP contribution < -0.4 is 4.74 Å². The predicted molar refractivity (Wildman–Crippen MR) is 121 cm³/mol. The number of ether oxygens (including phenoxy) is 1. The molecule has 0 bridgehead atoms. The Balaban J connectivity index is 1.77. The van der Waals surface area contributed by atoms with Gasteiger partial charge >= 0.3 is 0 Å². The Bertz CT molecular complexity index is 1130. The number of thiophene rings is 2. The van der Waals surface area contributed by atoms with Crippen molar-refractivity contribution in [3.8, 4) is 5.75 Å². The van der Waals surface area contributed by atoms with E-state index in [1.54, 1.807) is 7.11 Å². The Hall–Kier alpha value is -2.62. The molecule has 1 atom stereocenters. The van der Waals surface area contributed by atoms with E-state index < -0.39 is 0 Å². The zero-order valence-electron chi connectivity index (χ0n) is 15.8. The van der Waals surface area contributed by atoms with Crippen LogP contribution in [-0.2, 0) is 0 Å². The highest BCUT2D eigenvalue weighted by atomic mass is 32.1. The molecule has 2 aromatic heterocycles. The van der Waals surface area contributed by atoms with Gasteiger partial charge in [0.05, 0.1) is 7.11 Å². The fraction of sp³-hybridized carbons (Fsp3) is 0.120. The fourth-order valence-corrected chi connectivity index (χ4v) is 5.84. The molecule has 3 heteroatoms. The summed E-state index contributed by atoms with van der Waals surface area (Å²) in [6, 6.07) is 24.2. The Morgan fingerprint density at radius 3 is 2.29 bits per heavy atom. The van der Waals surface area contributed by atoms with Crippen LogP contribution in [0.4, 0.5) is 0 Å². The molecule has 1 nitrogen and oxygen atoms in total. The minimum Gasteiger partial charge on any atom is -0.497 e. The van der Waals surface area contributed by atoms with Crippen LogP contribution in [0.15, 0.2) is 77.5 Å². The van der Waals surface area contributed by atoms with Gasteiger partial charge in [0.2, 0.25) is 0 Å². The van der Waals surface area contributed by atoms with Gasteiger partial charge in [-0.15, -0.1) is 22.7 Å². The Labute approximate surface area is 173 Å². The smallest absolute Gasteiger partial charge is 0.118 e. The van der Waals surface area contributed by atoms with Crippen LogP contribution in [0.3, 0.4) is 0 Å². The van der Waals surface area contributed by atoms with Crippen molar-refractivity contribution >= 4 is 33.8 Å². The molecule has 4 aromatic rings. The summed E-state index contributed by atoms with van der Waals surface area (Å²) < 4.78 is 5.38. The SMILES string of the molecule is COc1ccc(C2=C(c3cccs3)C(c3ccc(C)cc3)c3ccsc32)cc1. The van der Waals surface area contributed by atoms with E-state index in [4.69, 9.17) is 4.74 Å².